The van der Waals surface area contributed by atoms with E-state index in [0.29, 0.717) is 10.9 Å². The first-order chi connectivity index (χ1) is 12.4. The van der Waals surface area contributed by atoms with Gasteiger partial charge < -0.3 is 4.57 Å². The second-order valence-electron chi connectivity index (χ2n) is 7.11. The molecule has 0 N–H and O–H groups in total. The van der Waals surface area contributed by atoms with Crippen LogP contribution in [0.15, 0.2) is 53.4 Å². The van der Waals surface area contributed by atoms with E-state index in [1.165, 1.54) is 11.8 Å². The van der Waals surface area contributed by atoms with Crippen LogP contribution in [0.3, 0.4) is 0 Å². The SMILES string of the molecule is CC1Cc2nc3ccccc3n2CCN1Cc1ccc(S(C)(=O)=O)cc1. The molecule has 0 spiro atoms. The van der Waals surface area contributed by atoms with Crippen LogP contribution in [-0.2, 0) is 29.3 Å². The van der Waals surface area contributed by atoms with E-state index in [9.17, 15) is 8.42 Å². The number of hydrogen-bond donors (Lipinski definition) is 0. The molecule has 0 amide bonds. The standard InChI is InChI=1S/C20H23N3O2S/c1-15-13-20-21-18-5-3-4-6-19(18)23(20)12-11-22(15)14-16-7-9-17(10-8-16)26(2,24)25/h3-10,15H,11-14H2,1-2H3. The van der Waals surface area contributed by atoms with Gasteiger partial charge in [0.05, 0.1) is 15.9 Å². The molecule has 6 heteroatoms. The van der Waals surface area contributed by atoms with E-state index in [1.807, 2.05) is 18.2 Å². The second-order valence-corrected chi connectivity index (χ2v) is 9.12. The average molecular weight is 369 g/mol. The lowest BCUT2D eigenvalue weighted by Crippen LogP contribution is -2.34. The average Bonchev–Trinajstić information content (AvgIpc) is 2.87. The molecule has 1 aromatic heterocycles. The van der Waals surface area contributed by atoms with Crippen LogP contribution >= 0.6 is 0 Å². The Morgan fingerprint density at radius 1 is 1.08 bits per heavy atom. The van der Waals surface area contributed by atoms with Gasteiger partial charge in [0, 0.05) is 38.4 Å². The predicted molar refractivity (Wildman–Crippen MR) is 103 cm³/mol. The first kappa shape index (κ1) is 17.2. The molecule has 4 rings (SSSR count). The maximum absolute atomic E-state index is 11.6. The molecule has 1 unspecified atom stereocenters. The number of nitrogens with zero attached hydrogens (tertiary/aromatic N) is 3. The quantitative estimate of drug-likeness (QED) is 0.712. The van der Waals surface area contributed by atoms with E-state index in [0.717, 1.165) is 43.0 Å². The van der Waals surface area contributed by atoms with Gasteiger partial charge in [0.15, 0.2) is 9.84 Å². The summed E-state index contributed by atoms with van der Waals surface area (Å²) < 4.78 is 25.6. The zero-order valence-electron chi connectivity index (χ0n) is 15.1. The van der Waals surface area contributed by atoms with Crippen molar-refractivity contribution in [3.05, 3.63) is 59.9 Å². The number of sulfone groups is 1. The minimum Gasteiger partial charge on any atom is -0.327 e. The van der Waals surface area contributed by atoms with Crippen LogP contribution in [0.5, 0.6) is 0 Å². The molecule has 26 heavy (non-hydrogen) atoms. The van der Waals surface area contributed by atoms with Gasteiger partial charge in [-0.1, -0.05) is 24.3 Å². The number of hydrogen-bond acceptors (Lipinski definition) is 4. The summed E-state index contributed by atoms with van der Waals surface area (Å²) in [5.74, 6) is 1.15. The Hall–Kier alpha value is -2.18. The molecule has 0 saturated carbocycles. The van der Waals surface area contributed by atoms with Crippen LogP contribution in [0.2, 0.25) is 0 Å². The summed E-state index contributed by atoms with van der Waals surface area (Å²) in [6, 6.07) is 15.9. The minimum atomic E-state index is -3.14. The molecule has 5 nitrogen and oxygen atoms in total. The predicted octanol–water partition coefficient (Wildman–Crippen LogP) is 2.89. The van der Waals surface area contributed by atoms with Gasteiger partial charge in [-0.2, -0.15) is 0 Å². The largest absolute Gasteiger partial charge is 0.327 e. The van der Waals surface area contributed by atoms with Crippen LogP contribution in [-0.4, -0.2) is 41.7 Å². The first-order valence-electron chi connectivity index (χ1n) is 8.89. The lowest BCUT2D eigenvalue weighted by atomic mass is 10.1. The Morgan fingerprint density at radius 3 is 2.54 bits per heavy atom. The van der Waals surface area contributed by atoms with Gasteiger partial charge in [0.25, 0.3) is 0 Å². The molecule has 0 aliphatic carbocycles. The minimum absolute atomic E-state index is 0.372. The topological polar surface area (TPSA) is 55.2 Å². The van der Waals surface area contributed by atoms with Crippen LogP contribution in [0.25, 0.3) is 11.0 Å². The van der Waals surface area contributed by atoms with Gasteiger partial charge in [0.2, 0.25) is 0 Å². The fourth-order valence-corrected chi connectivity index (χ4v) is 4.31. The monoisotopic (exact) mass is 369 g/mol. The molecular formula is C20H23N3O2S. The van der Waals surface area contributed by atoms with E-state index in [-0.39, 0.29) is 0 Å². The van der Waals surface area contributed by atoms with Gasteiger partial charge in [0.1, 0.15) is 5.82 Å². The number of fused-ring (bicyclic) bond motifs is 3. The van der Waals surface area contributed by atoms with Crippen LogP contribution in [0.1, 0.15) is 18.3 Å². The van der Waals surface area contributed by atoms with Crippen molar-refractivity contribution in [1.29, 1.82) is 0 Å². The Bertz CT molecular complexity index is 1040. The molecular weight excluding hydrogens is 346 g/mol. The summed E-state index contributed by atoms with van der Waals surface area (Å²) in [6.45, 7) is 4.91. The van der Waals surface area contributed by atoms with E-state index in [2.05, 4.69) is 34.6 Å². The van der Waals surface area contributed by atoms with Gasteiger partial charge in [-0.05, 0) is 36.8 Å². The molecule has 2 heterocycles. The van der Waals surface area contributed by atoms with Crippen molar-refractivity contribution in [1.82, 2.24) is 14.5 Å². The highest BCUT2D eigenvalue weighted by atomic mass is 32.2. The number of aromatic nitrogens is 2. The summed E-state index contributed by atoms with van der Waals surface area (Å²) in [6.07, 6.45) is 2.15. The Labute approximate surface area is 154 Å². The van der Waals surface area contributed by atoms with Gasteiger partial charge in [-0.15, -0.1) is 0 Å². The zero-order chi connectivity index (χ0) is 18.3. The fraction of sp³-hybridized carbons (Fsp3) is 0.350. The first-order valence-corrected chi connectivity index (χ1v) is 10.8. The fourth-order valence-electron chi connectivity index (χ4n) is 3.68. The van der Waals surface area contributed by atoms with E-state index < -0.39 is 9.84 Å². The van der Waals surface area contributed by atoms with E-state index in [1.54, 1.807) is 12.1 Å². The Kier molecular flexibility index (Phi) is 4.32. The van der Waals surface area contributed by atoms with Crippen molar-refractivity contribution in [3.8, 4) is 0 Å². The summed E-state index contributed by atoms with van der Waals surface area (Å²) >= 11 is 0. The molecule has 2 aromatic carbocycles. The molecule has 0 radical (unpaired) electrons. The lowest BCUT2D eigenvalue weighted by molar-refractivity contribution is 0.203. The van der Waals surface area contributed by atoms with Crippen molar-refractivity contribution in [3.63, 3.8) is 0 Å². The van der Waals surface area contributed by atoms with Gasteiger partial charge >= 0.3 is 0 Å². The number of para-hydroxylation sites is 2. The molecule has 0 bridgehead atoms. The summed E-state index contributed by atoms with van der Waals surface area (Å²) in [7, 11) is -3.14. The second kappa shape index (κ2) is 6.52. The molecule has 0 fully saturated rings. The van der Waals surface area contributed by atoms with Crippen molar-refractivity contribution >= 4 is 20.9 Å². The van der Waals surface area contributed by atoms with Gasteiger partial charge in [-0.25, -0.2) is 13.4 Å². The highest BCUT2D eigenvalue weighted by molar-refractivity contribution is 7.90. The highest BCUT2D eigenvalue weighted by Crippen LogP contribution is 2.22. The maximum Gasteiger partial charge on any atom is 0.175 e. The maximum atomic E-state index is 11.6. The zero-order valence-corrected chi connectivity index (χ0v) is 15.9. The number of rotatable bonds is 3. The summed E-state index contributed by atoms with van der Waals surface area (Å²) in [5.41, 5.74) is 3.40. The molecule has 1 aliphatic rings. The molecule has 0 saturated heterocycles. The van der Waals surface area contributed by atoms with Crippen LogP contribution < -0.4 is 0 Å². The number of imidazole rings is 1. The lowest BCUT2D eigenvalue weighted by Gasteiger charge is -2.26. The Balaban J connectivity index is 1.54. The van der Waals surface area contributed by atoms with E-state index >= 15 is 0 Å². The third-order valence-corrected chi connectivity index (χ3v) is 6.31. The molecule has 3 aromatic rings. The van der Waals surface area contributed by atoms with Crippen molar-refractivity contribution in [2.24, 2.45) is 0 Å². The van der Waals surface area contributed by atoms with Crippen LogP contribution in [0.4, 0.5) is 0 Å². The van der Waals surface area contributed by atoms with Crippen LogP contribution in [0, 0.1) is 0 Å². The summed E-state index contributed by atoms with van der Waals surface area (Å²) in [4.78, 5) is 7.63. The summed E-state index contributed by atoms with van der Waals surface area (Å²) in [5, 5.41) is 0. The van der Waals surface area contributed by atoms with Crippen molar-refractivity contribution < 1.29 is 8.42 Å². The van der Waals surface area contributed by atoms with Crippen molar-refractivity contribution in [2.45, 2.75) is 37.4 Å². The Morgan fingerprint density at radius 2 is 1.81 bits per heavy atom. The molecule has 1 aliphatic heterocycles. The normalized spacial score (nSPS) is 18.6. The van der Waals surface area contributed by atoms with Crippen molar-refractivity contribution in [2.75, 3.05) is 12.8 Å². The molecule has 136 valence electrons. The third kappa shape index (κ3) is 3.27. The smallest absolute Gasteiger partial charge is 0.175 e. The third-order valence-electron chi connectivity index (χ3n) is 5.18. The van der Waals surface area contributed by atoms with Gasteiger partial charge in [-0.3, -0.25) is 4.90 Å². The number of benzene rings is 2. The molecule has 1 atom stereocenters. The highest BCUT2D eigenvalue weighted by Gasteiger charge is 2.23. The van der Waals surface area contributed by atoms with E-state index in [4.69, 9.17) is 4.98 Å².